The number of amides is 1. The third kappa shape index (κ3) is 11.9. The molecule has 0 saturated heterocycles. The molecule has 0 spiro atoms. The average molecular weight is 519 g/mol. The summed E-state index contributed by atoms with van der Waals surface area (Å²) in [6.45, 7) is 10.1. The zero-order valence-corrected chi connectivity index (χ0v) is 22.9. The predicted octanol–water partition coefficient (Wildman–Crippen LogP) is 4.62. The molecule has 2 rings (SSSR count). The number of carbonyl (C=O) groups excluding carboxylic acids is 3. The molecular formula is C28H42N2O7. The minimum atomic E-state index is -0.953. The number of methoxy groups -OCH3 is 2. The normalized spacial score (nSPS) is 12.0. The first-order valence-electron chi connectivity index (χ1n) is 12.4. The van der Waals surface area contributed by atoms with Crippen molar-refractivity contribution in [2.45, 2.75) is 66.0 Å². The summed E-state index contributed by atoms with van der Waals surface area (Å²) >= 11 is 0. The van der Waals surface area contributed by atoms with Crippen LogP contribution >= 0.6 is 0 Å². The fourth-order valence-electron chi connectivity index (χ4n) is 2.81. The van der Waals surface area contributed by atoms with Gasteiger partial charge in [-0.05, 0) is 25.3 Å². The van der Waals surface area contributed by atoms with Gasteiger partial charge >= 0.3 is 11.9 Å². The zero-order valence-electron chi connectivity index (χ0n) is 22.9. The quantitative estimate of drug-likeness (QED) is 0.405. The van der Waals surface area contributed by atoms with Crippen LogP contribution in [0, 0.1) is 5.92 Å². The average Bonchev–Trinajstić information content (AvgIpc) is 2.88. The van der Waals surface area contributed by atoms with Gasteiger partial charge in [-0.2, -0.15) is 0 Å². The molecule has 1 amide bonds. The van der Waals surface area contributed by atoms with E-state index in [1.807, 2.05) is 30.3 Å². The summed E-state index contributed by atoms with van der Waals surface area (Å²) in [5.74, 6) is -1.01. The summed E-state index contributed by atoms with van der Waals surface area (Å²) in [7, 11) is 2.83. The molecule has 0 aliphatic carbocycles. The van der Waals surface area contributed by atoms with Crippen LogP contribution in [0.5, 0.6) is 11.5 Å². The summed E-state index contributed by atoms with van der Waals surface area (Å²) in [6.07, 6.45) is 2.80. The van der Waals surface area contributed by atoms with Crippen molar-refractivity contribution >= 4 is 17.8 Å². The molecule has 9 nitrogen and oxygen atoms in total. The van der Waals surface area contributed by atoms with Gasteiger partial charge in [0.1, 0.15) is 12.1 Å². The maximum Gasteiger partial charge on any atom is 0.328 e. The molecule has 37 heavy (non-hydrogen) atoms. The molecule has 2 atom stereocenters. The monoisotopic (exact) mass is 518 g/mol. The molecule has 2 aromatic rings. The number of aromatic nitrogens is 1. The third-order valence-electron chi connectivity index (χ3n) is 5.23. The fourth-order valence-corrected chi connectivity index (χ4v) is 2.81. The lowest BCUT2D eigenvalue weighted by Crippen LogP contribution is -2.41. The number of hydrogen-bond acceptors (Lipinski definition) is 8. The highest BCUT2D eigenvalue weighted by molar-refractivity contribution is 5.98. The lowest BCUT2D eigenvalue weighted by atomic mass is 10.1. The predicted molar refractivity (Wildman–Crippen MR) is 143 cm³/mol. The molecule has 1 aromatic carbocycles. The molecule has 1 aromatic heterocycles. The van der Waals surface area contributed by atoms with Crippen molar-refractivity contribution in [3.63, 3.8) is 0 Å². The molecule has 1 N–H and O–H groups in total. The van der Waals surface area contributed by atoms with Crippen molar-refractivity contribution in [2.75, 3.05) is 20.8 Å². The first-order valence-corrected chi connectivity index (χ1v) is 12.4. The second-order valence-electron chi connectivity index (χ2n) is 8.84. The first-order chi connectivity index (χ1) is 17.6. The van der Waals surface area contributed by atoms with E-state index in [4.69, 9.17) is 18.9 Å². The first kappa shape index (κ1) is 31.6. The van der Waals surface area contributed by atoms with Gasteiger partial charge in [0, 0.05) is 27.2 Å². The summed E-state index contributed by atoms with van der Waals surface area (Å²) in [4.78, 5) is 41.2. The number of carbonyl (C=O) groups is 3. The molecular weight excluding hydrogens is 476 g/mol. The number of nitrogens with zero attached hydrogens (tertiary/aromatic N) is 1. The molecule has 206 valence electrons. The van der Waals surface area contributed by atoms with Gasteiger partial charge in [0.25, 0.3) is 5.91 Å². The van der Waals surface area contributed by atoms with E-state index in [0.717, 1.165) is 11.5 Å². The van der Waals surface area contributed by atoms with E-state index in [2.05, 4.69) is 31.1 Å². The van der Waals surface area contributed by atoms with Crippen LogP contribution in [0.2, 0.25) is 0 Å². The van der Waals surface area contributed by atoms with Crippen molar-refractivity contribution in [3.05, 3.63) is 53.9 Å². The Morgan fingerprint density at radius 3 is 2.24 bits per heavy atom. The van der Waals surface area contributed by atoms with E-state index in [1.54, 1.807) is 6.92 Å². The summed E-state index contributed by atoms with van der Waals surface area (Å²) in [5.41, 5.74) is 0.845. The van der Waals surface area contributed by atoms with E-state index in [1.165, 1.54) is 39.8 Å². The van der Waals surface area contributed by atoms with Crippen LogP contribution in [0.15, 0.2) is 42.6 Å². The van der Waals surface area contributed by atoms with Crippen molar-refractivity contribution in [2.24, 2.45) is 5.92 Å². The van der Waals surface area contributed by atoms with Gasteiger partial charge in [-0.25, -0.2) is 9.78 Å². The van der Waals surface area contributed by atoms with Crippen LogP contribution in [0.1, 0.15) is 64.9 Å². The Bertz CT molecular complexity index is 986. The maximum absolute atomic E-state index is 12.8. The minimum Gasteiger partial charge on any atom is -0.493 e. The molecule has 0 fully saturated rings. The van der Waals surface area contributed by atoms with Crippen LogP contribution in [0.3, 0.4) is 0 Å². The number of hydrogen-bond donors (Lipinski definition) is 1. The topological polar surface area (TPSA) is 113 Å². The van der Waals surface area contributed by atoms with Crippen molar-refractivity contribution in [3.8, 4) is 11.5 Å². The number of ether oxygens (including phenoxy) is 4. The van der Waals surface area contributed by atoms with Gasteiger partial charge in [0.05, 0.1) is 20.1 Å². The lowest BCUT2D eigenvalue weighted by Gasteiger charge is -2.18. The maximum atomic E-state index is 12.8. The molecule has 0 aliphatic rings. The molecule has 0 aliphatic heterocycles. The van der Waals surface area contributed by atoms with Gasteiger partial charge in [-0.3, -0.25) is 9.59 Å². The van der Waals surface area contributed by atoms with Crippen LogP contribution < -0.4 is 14.8 Å². The Balaban J connectivity index is 0.00000208. The molecule has 9 heteroatoms. The molecule has 0 unspecified atom stereocenters. The molecule has 1 heterocycles. The third-order valence-corrected chi connectivity index (χ3v) is 5.23. The van der Waals surface area contributed by atoms with E-state index in [9.17, 15) is 14.4 Å². The van der Waals surface area contributed by atoms with Crippen LogP contribution in [0.25, 0.3) is 0 Å². The number of esters is 2. The van der Waals surface area contributed by atoms with Gasteiger partial charge in [0.15, 0.2) is 11.4 Å². The molecule has 0 saturated carbocycles. The van der Waals surface area contributed by atoms with Gasteiger partial charge in [-0.15, -0.1) is 0 Å². The van der Waals surface area contributed by atoms with Gasteiger partial charge in [-0.1, -0.05) is 57.5 Å². The summed E-state index contributed by atoms with van der Waals surface area (Å²) < 4.78 is 20.8. The minimum absolute atomic E-state index is 0. The Morgan fingerprint density at radius 1 is 1.03 bits per heavy atom. The lowest BCUT2D eigenvalue weighted by molar-refractivity contribution is -0.150. The number of rotatable bonds is 12. The Hall–Kier alpha value is -3.46. The Kier molecular flexibility index (Phi) is 14.6. The van der Waals surface area contributed by atoms with Crippen LogP contribution in [0.4, 0.5) is 0 Å². The highest BCUT2D eigenvalue weighted by Gasteiger charge is 2.26. The molecule has 0 bridgehead atoms. The largest absolute Gasteiger partial charge is 0.493 e. The smallest absolute Gasteiger partial charge is 0.328 e. The van der Waals surface area contributed by atoms with E-state index >= 15 is 0 Å². The van der Waals surface area contributed by atoms with Crippen LogP contribution in [-0.4, -0.2) is 55.8 Å². The second kappa shape index (κ2) is 17.1. The fraction of sp³-hybridized carbons (Fsp3) is 0.500. The standard InChI is InChI=1S/C23H28N2O7.C5H12.H2/c1-15(14-17-8-6-5-7-9-17)31-23(28)16(2)25-22(27)20-21(18(30-4)10-12-24-20)32-19(26)11-13-29-3;1-4-5(2)3;/h5-10,12,15-16H,11,13-14H2,1-4H3,(H,25,27);5H,4H2,1-3H3;1H/t15-,16-;;/m0../s1. The van der Waals surface area contributed by atoms with Crippen molar-refractivity contribution < 1.29 is 34.8 Å². The second-order valence-corrected chi connectivity index (χ2v) is 8.84. The van der Waals surface area contributed by atoms with Crippen molar-refractivity contribution in [1.82, 2.24) is 10.3 Å². The highest BCUT2D eigenvalue weighted by atomic mass is 16.6. The van der Waals surface area contributed by atoms with Crippen molar-refractivity contribution in [1.29, 1.82) is 0 Å². The van der Waals surface area contributed by atoms with Gasteiger partial charge in [0.2, 0.25) is 5.75 Å². The zero-order chi connectivity index (χ0) is 27.8. The highest BCUT2D eigenvalue weighted by Crippen LogP contribution is 2.30. The summed E-state index contributed by atoms with van der Waals surface area (Å²) in [6, 6.07) is 10.1. The van der Waals surface area contributed by atoms with E-state index in [0.29, 0.717) is 6.42 Å². The Labute approximate surface area is 221 Å². The SMILES string of the molecule is CCC(C)C.COCCC(=O)Oc1c(OC)ccnc1C(=O)N[C@@H](C)C(=O)O[C@@H](C)Cc1ccccc1.[HH]. The van der Waals surface area contributed by atoms with Crippen LogP contribution in [-0.2, 0) is 25.5 Å². The van der Waals surface area contributed by atoms with E-state index in [-0.39, 0.29) is 37.8 Å². The number of benzene rings is 1. The molecule has 0 radical (unpaired) electrons. The van der Waals surface area contributed by atoms with E-state index < -0.39 is 23.9 Å². The summed E-state index contributed by atoms with van der Waals surface area (Å²) in [5, 5.41) is 2.53. The van der Waals surface area contributed by atoms with Gasteiger partial charge < -0.3 is 24.3 Å². The number of pyridine rings is 1. The number of nitrogens with one attached hydrogen (secondary N) is 1. The Morgan fingerprint density at radius 2 is 1.68 bits per heavy atom.